The highest BCUT2D eigenvalue weighted by Gasteiger charge is 2.25. The molecule has 0 unspecified atom stereocenters. The number of rotatable bonds is 6. The summed E-state index contributed by atoms with van der Waals surface area (Å²) in [5.41, 5.74) is 2.14. The minimum atomic E-state index is -0.117. The van der Waals surface area contributed by atoms with E-state index in [0.717, 1.165) is 17.7 Å². The minimum Gasteiger partial charge on any atom is -0.494 e. The molecule has 1 fully saturated rings. The molecule has 0 aliphatic carbocycles. The van der Waals surface area contributed by atoms with Crippen LogP contribution in [0.3, 0.4) is 0 Å². The van der Waals surface area contributed by atoms with Crippen molar-refractivity contribution in [1.29, 1.82) is 0 Å². The van der Waals surface area contributed by atoms with E-state index in [9.17, 15) is 9.59 Å². The predicted octanol–water partition coefficient (Wildman–Crippen LogP) is 4.14. The standard InChI is InChI=1S/C21H23ClN2O3/c1-3-27-17-9-6-15(7-10-17)14-23(2)21(26)16-8-11-18(22)19(13-16)24-12-4-5-20(24)25/h6-11,13H,3-5,12,14H2,1-2H3. The lowest BCUT2D eigenvalue weighted by atomic mass is 10.1. The van der Waals surface area contributed by atoms with E-state index in [1.54, 1.807) is 35.0 Å². The number of amides is 2. The normalized spacial score (nSPS) is 13.7. The van der Waals surface area contributed by atoms with Gasteiger partial charge in [-0.3, -0.25) is 9.59 Å². The van der Waals surface area contributed by atoms with Crippen LogP contribution in [0.5, 0.6) is 5.75 Å². The smallest absolute Gasteiger partial charge is 0.253 e. The Bertz CT molecular complexity index is 836. The van der Waals surface area contributed by atoms with Crippen LogP contribution in [0.1, 0.15) is 35.7 Å². The van der Waals surface area contributed by atoms with Crippen molar-refractivity contribution in [3.8, 4) is 5.75 Å². The highest BCUT2D eigenvalue weighted by Crippen LogP contribution is 2.30. The maximum atomic E-state index is 12.8. The molecule has 0 aromatic heterocycles. The van der Waals surface area contributed by atoms with E-state index in [1.165, 1.54) is 0 Å². The van der Waals surface area contributed by atoms with Gasteiger partial charge in [0.2, 0.25) is 5.91 Å². The summed E-state index contributed by atoms with van der Waals surface area (Å²) < 4.78 is 5.44. The summed E-state index contributed by atoms with van der Waals surface area (Å²) in [4.78, 5) is 28.2. The van der Waals surface area contributed by atoms with Crippen molar-refractivity contribution in [2.75, 3.05) is 25.1 Å². The molecular formula is C21H23ClN2O3. The number of ether oxygens (including phenoxy) is 1. The number of carbonyl (C=O) groups excluding carboxylic acids is 2. The number of anilines is 1. The maximum absolute atomic E-state index is 12.8. The molecule has 1 saturated heterocycles. The zero-order valence-corrected chi connectivity index (χ0v) is 16.3. The second-order valence-electron chi connectivity index (χ2n) is 6.55. The first kappa shape index (κ1) is 19.2. The first-order valence-corrected chi connectivity index (χ1v) is 9.44. The Hall–Kier alpha value is -2.53. The van der Waals surface area contributed by atoms with E-state index < -0.39 is 0 Å². The molecule has 0 bridgehead atoms. The molecule has 27 heavy (non-hydrogen) atoms. The summed E-state index contributed by atoms with van der Waals surface area (Å²) in [5.74, 6) is 0.741. The zero-order valence-electron chi connectivity index (χ0n) is 15.6. The molecule has 1 aliphatic heterocycles. The van der Waals surface area contributed by atoms with Crippen LogP contribution in [0.2, 0.25) is 5.02 Å². The highest BCUT2D eigenvalue weighted by molar-refractivity contribution is 6.34. The quantitative estimate of drug-likeness (QED) is 0.749. The second-order valence-corrected chi connectivity index (χ2v) is 6.96. The average molecular weight is 387 g/mol. The lowest BCUT2D eigenvalue weighted by Gasteiger charge is -2.21. The molecule has 0 atom stereocenters. The fourth-order valence-electron chi connectivity index (χ4n) is 3.18. The molecule has 6 heteroatoms. The molecule has 0 radical (unpaired) electrons. The average Bonchev–Trinajstić information content (AvgIpc) is 3.09. The van der Waals surface area contributed by atoms with E-state index in [1.807, 2.05) is 31.2 Å². The van der Waals surface area contributed by atoms with Crippen LogP contribution in [0.15, 0.2) is 42.5 Å². The van der Waals surface area contributed by atoms with Crippen molar-refractivity contribution in [2.45, 2.75) is 26.3 Å². The summed E-state index contributed by atoms with van der Waals surface area (Å²) >= 11 is 6.27. The van der Waals surface area contributed by atoms with Gasteiger partial charge in [0.15, 0.2) is 0 Å². The summed E-state index contributed by atoms with van der Waals surface area (Å²) in [5, 5.41) is 0.482. The van der Waals surface area contributed by atoms with Crippen LogP contribution < -0.4 is 9.64 Å². The van der Waals surface area contributed by atoms with Crippen molar-refractivity contribution in [3.05, 3.63) is 58.6 Å². The van der Waals surface area contributed by atoms with Gasteiger partial charge in [-0.05, 0) is 49.2 Å². The van der Waals surface area contributed by atoms with Gasteiger partial charge >= 0.3 is 0 Å². The Morgan fingerprint density at radius 2 is 1.96 bits per heavy atom. The molecule has 1 aliphatic rings. The van der Waals surface area contributed by atoms with Gasteiger partial charge in [0.1, 0.15) is 5.75 Å². The number of halogens is 1. The SMILES string of the molecule is CCOc1ccc(CN(C)C(=O)c2ccc(Cl)c(N3CCCC3=O)c2)cc1. The van der Waals surface area contributed by atoms with Crippen molar-refractivity contribution in [3.63, 3.8) is 0 Å². The Morgan fingerprint density at radius 3 is 2.59 bits per heavy atom. The Labute approximate surface area is 164 Å². The van der Waals surface area contributed by atoms with Crippen molar-refractivity contribution in [2.24, 2.45) is 0 Å². The van der Waals surface area contributed by atoms with Gasteiger partial charge < -0.3 is 14.5 Å². The lowest BCUT2D eigenvalue weighted by Crippen LogP contribution is -2.27. The van der Waals surface area contributed by atoms with Crippen LogP contribution in [-0.2, 0) is 11.3 Å². The second kappa shape index (κ2) is 8.44. The predicted molar refractivity (Wildman–Crippen MR) is 106 cm³/mol. The Morgan fingerprint density at radius 1 is 1.22 bits per heavy atom. The fourth-order valence-corrected chi connectivity index (χ4v) is 3.40. The van der Waals surface area contributed by atoms with Gasteiger partial charge in [0, 0.05) is 32.1 Å². The monoisotopic (exact) mass is 386 g/mol. The van der Waals surface area contributed by atoms with Crippen molar-refractivity contribution < 1.29 is 14.3 Å². The number of carbonyl (C=O) groups is 2. The van der Waals surface area contributed by atoms with Gasteiger partial charge in [-0.2, -0.15) is 0 Å². The third-order valence-corrected chi connectivity index (χ3v) is 4.88. The highest BCUT2D eigenvalue weighted by atomic mass is 35.5. The van der Waals surface area contributed by atoms with E-state index in [0.29, 0.717) is 42.4 Å². The number of hydrogen-bond acceptors (Lipinski definition) is 3. The molecule has 0 spiro atoms. The van der Waals surface area contributed by atoms with Crippen LogP contribution in [-0.4, -0.2) is 36.9 Å². The minimum absolute atomic E-state index is 0.0456. The van der Waals surface area contributed by atoms with Crippen LogP contribution >= 0.6 is 11.6 Å². The van der Waals surface area contributed by atoms with E-state index in [2.05, 4.69) is 0 Å². The number of hydrogen-bond donors (Lipinski definition) is 0. The largest absolute Gasteiger partial charge is 0.494 e. The summed E-state index contributed by atoms with van der Waals surface area (Å²) in [6.07, 6.45) is 1.33. The third kappa shape index (κ3) is 4.42. The van der Waals surface area contributed by atoms with Gasteiger partial charge in [-0.15, -0.1) is 0 Å². The van der Waals surface area contributed by atoms with E-state index in [-0.39, 0.29) is 11.8 Å². The summed E-state index contributed by atoms with van der Waals surface area (Å²) in [6.45, 7) is 3.68. The molecule has 142 valence electrons. The molecule has 2 amide bonds. The molecular weight excluding hydrogens is 364 g/mol. The molecule has 2 aromatic carbocycles. The Kier molecular flexibility index (Phi) is 6.01. The lowest BCUT2D eigenvalue weighted by molar-refractivity contribution is -0.117. The molecule has 1 heterocycles. The molecule has 0 saturated carbocycles. The van der Waals surface area contributed by atoms with Crippen LogP contribution in [0, 0.1) is 0 Å². The molecule has 0 N–H and O–H groups in total. The molecule has 2 aromatic rings. The van der Waals surface area contributed by atoms with Crippen LogP contribution in [0.4, 0.5) is 5.69 Å². The number of benzene rings is 2. The first-order chi connectivity index (χ1) is 13.0. The van der Waals surface area contributed by atoms with Gasteiger partial charge in [-0.1, -0.05) is 23.7 Å². The fraction of sp³-hybridized carbons (Fsp3) is 0.333. The van der Waals surface area contributed by atoms with E-state index >= 15 is 0 Å². The van der Waals surface area contributed by atoms with Crippen molar-refractivity contribution >= 4 is 29.1 Å². The summed E-state index contributed by atoms with van der Waals surface area (Å²) in [7, 11) is 1.76. The third-order valence-electron chi connectivity index (χ3n) is 4.56. The van der Waals surface area contributed by atoms with Gasteiger partial charge in [-0.25, -0.2) is 0 Å². The first-order valence-electron chi connectivity index (χ1n) is 9.06. The summed E-state index contributed by atoms with van der Waals surface area (Å²) in [6, 6.07) is 12.8. The van der Waals surface area contributed by atoms with Gasteiger partial charge in [0.05, 0.1) is 17.3 Å². The molecule has 3 rings (SSSR count). The zero-order chi connectivity index (χ0) is 19.4. The van der Waals surface area contributed by atoms with E-state index in [4.69, 9.17) is 16.3 Å². The van der Waals surface area contributed by atoms with Gasteiger partial charge in [0.25, 0.3) is 5.91 Å². The topological polar surface area (TPSA) is 49.9 Å². The maximum Gasteiger partial charge on any atom is 0.253 e. The molecule has 5 nitrogen and oxygen atoms in total. The Balaban J connectivity index is 1.73. The number of nitrogens with zero attached hydrogens (tertiary/aromatic N) is 2. The van der Waals surface area contributed by atoms with Crippen LogP contribution in [0.25, 0.3) is 0 Å². The van der Waals surface area contributed by atoms with Crippen molar-refractivity contribution in [1.82, 2.24) is 4.90 Å².